The molecule has 2 heterocycles. The molecule has 0 atom stereocenters. The molecule has 0 radical (unpaired) electrons. The van der Waals surface area contributed by atoms with Crippen LogP contribution in [0.1, 0.15) is 23.0 Å². The number of benzene rings is 2. The number of amidine groups is 1. The zero-order valence-electron chi connectivity index (χ0n) is 17.6. The molecule has 1 fully saturated rings. The van der Waals surface area contributed by atoms with E-state index in [1.165, 1.54) is 11.8 Å². The molecule has 0 spiro atoms. The normalized spacial score (nSPS) is 16.2. The maximum atomic E-state index is 13.0. The van der Waals surface area contributed by atoms with Crippen molar-refractivity contribution in [2.75, 3.05) is 13.7 Å². The van der Waals surface area contributed by atoms with E-state index in [0.29, 0.717) is 16.6 Å². The Morgan fingerprint density at radius 2 is 1.84 bits per heavy atom. The maximum Gasteiger partial charge on any atom is 0.335 e. The van der Waals surface area contributed by atoms with Gasteiger partial charge in [-0.1, -0.05) is 0 Å². The molecular weight excluding hydrogens is 426 g/mol. The first-order valence-corrected chi connectivity index (χ1v) is 10.8. The maximum absolute atomic E-state index is 13.0. The average Bonchev–Trinajstić information content (AvgIpc) is 3.38. The largest absolute Gasteiger partial charge is 0.497 e. The van der Waals surface area contributed by atoms with Crippen molar-refractivity contribution >= 4 is 40.6 Å². The van der Waals surface area contributed by atoms with Crippen molar-refractivity contribution in [2.24, 2.45) is 4.99 Å². The van der Waals surface area contributed by atoms with Crippen molar-refractivity contribution in [1.82, 2.24) is 9.47 Å². The van der Waals surface area contributed by atoms with E-state index in [2.05, 4.69) is 4.99 Å². The van der Waals surface area contributed by atoms with Gasteiger partial charge in [0.1, 0.15) is 5.75 Å². The van der Waals surface area contributed by atoms with Gasteiger partial charge in [0.25, 0.3) is 5.91 Å². The predicted octanol–water partition coefficient (Wildman–Crippen LogP) is 4.81. The first-order valence-electron chi connectivity index (χ1n) is 9.95. The highest BCUT2D eigenvalue weighted by atomic mass is 32.2. The second-order valence-corrected chi connectivity index (χ2v) is 7.92. The molecule has 1 N–H and O–H groups in total. The quantitative estimate of drug-likeness (QED) is 0.549. The standard InChI is InChI=1S/C24H21N3O4S/c1-3-26-22(28)21(32-24(26)25-17-8-12-20(31-2)13-9-17)15-19-5-4-14-27(19)18-10-6-16(7-11-18)23(29)30/h4-15H,3H2,1-2H3,(H,29,30)/b21-15+,25-24?. The van der Waals surface area contributed by atoms with E-state index in [4.69, 9.17) is 9.84 Å². The van der Waals surface area contributed by atoms with Crippen LogP contribution in [0.15, 0.2) is 76.8 Å². The van der Waals surface area contributed by atoms with Crippen LogP contribution in [-0.4, -0.2) is 45.3 Å². The lowest BCUT2D eigenvalue weighted by Gasteiger charge is -2.12. The second-order valence-electron chi connectivity index (χ2n) is 6.91. The van der Waals surface area contributed by atoms with E-state index in [1.54, 1.807) is 36.3 Å². The summed E-state index contributed by atoms with van der Waals surface area (Å²) < 4.78 is 7.09. The van der Waals surface area contributed by atoms with Gasteiger partial charge in [0, 0.05) is 24.1 Å². The number of carboxylic acid groups (broad SMARTS) is 1. The molecule has 0 bridgehead atoms. The van der Waals surface area contributed by atoms with Gasteiger partial charge in [-0.05, 0) is 85.4 Å². The van der Waals surface area contributed by atoms with Gasteiger partial charge in [-0.3, -0.25) is 9.69 Å². The molecule has 1 aliphatic rings. The van der Waals surface area contributed by atoms with Crippen molar-refractivity contribution in [3.05, 3.63) is 83.0 Å². The fraction of sp³-hybridized carbons (Fsp3) is 0.125. The molecule has 1 aliphatic heterocycles. The van der Waals surface area contributed by atoms with E-state index >= 15 is 0 Å². The average molecular weight is 448 g/mol. The number of aromatic nitrogens is 1. The van der Waals surface area contributed by atoms with Gasteiger partial charge in [0.2, 0.25) is 0 Å². The smallest absolute Gasteiger partial charge is 0.335 e. The Balaban J connectivity index is 1.63. The molecule has 1 saturated heterocycles. The van der Waals surface area contributed by atoms with Gasteiger partial charge in [0.05, 0.1) is 23.3 Å². The molecule has 0 unspecified atom stereocenters. The first kappa shape index (κ1) is 21.5. The number of aromatic carboxylic acids is 1. The number of thioether (sulfide) groups is 1. The van der Waals surface area contributed by atoms with Crippen LogP contribution in [0.5, 0.6) is 5.75 Å². The Kier molecular flexibility index (Phi) is 6.13. The van der Waals surface area contributed by atoms with E-state index < -0.39 is 5.97 Å². The molecule has 0 aliphatic carbocycles. The number of hydrogen-bond donors (Lipinski definition) is 1. The van der Waals surface area contributed by atoms with Crippen LogP contribution < -0.4 is 4.74 Å². The van der Waals surface area contributed by atoms with Crippen molar-refractivity contribution in [3.63, 3.8) is 0 Å². The number of aliphatic imine (C=N–C) groups is 1. The Hall–Kier alpha value is -3.78. The molecule has 3 aromatic rings. The fourth-order valence-corrected chi connectivity index (χ4v) is 4.33. The van der Waals surface area contributed by atoms with Gasteiger partial charge in [0.15, 0.2) is 5.17 Å². The predicted molar refractivity (Wildman–Crippen MR) is 126 cm³/mol. The van der Waals surface area contributed by atoms with Crippen molar-refractivity contribution in [2.45, 2.75) is 6.92 Å². The number of rotatable bonds is 6. The highest BCUT2D eigenvalue weighted by molar-refractivity contribution is 8.18. The minimum absolute atomic E-state index is 0.0984. The molecule has 0 saturated carbocycles. The number of amides is 1. The van der Waals surface area contributed by atoms with Crippen LogP contribution in [0.25, 0.3) is 11.8 Å². The van der Waals surface area contributed by atoms with Gasteiger partial charge < -0.3 is 14.4 Å². The molecule has 1 aromatic heterocycles. The van der Waals surface area contributed by atoms with E-state index in [0.717, 1.165) is 22.8 Å². The molecular formula is C24H21N3O4S. The minimum Gasteiger partial charge on any atom is -0.497 e. The molecule has 1 amide bonds. The molecule has 2 aromatic carbocycles. The number of hydrogen-bond acceptors (Lipinski definition) is 5. The van der Waals surface area contributed by atoms with Crippen LogP contribution in [0.2, 0.25) is 0 Å². The molecule has 4 rings (SSSR count). The number of carbonyl (C=O) groups excluding carboxylic acids is 1. The van der Waals surface area contributed by atoms with Crippen LogP contribution in [0, 0.1) is 0 Å². The molecule has 32 heavy (non-hydrogen) atoms. The summed E-state index contributed by atoms with van der Waals surface area (Å²) in [6.07, 6.45) is 3.70. The zero-order chi connectivity index (χ0) is 22.7. The SMILES string of the molecule is CCN1C(=O)/C(=C\c2cccn2-c2ccc(C(=O)O)cc2)SC1=Nc1ccc(OC)cc1. The Bertz CT molecular complexity index is 1210. The van der Waals surface area contributed by atoms with E-state index in [9.17, 15) is 9.59 Å². The summed E-state index contributed by atoms with van der Waals surface area (Å²) in [6, 6.07) is 17.7. The summed E-state index contributed by atoms with van der Waals surface area (Å²) in [5, 5.41) is 9.73. The van der Waals surface area contributed by atoms with Gasteiger partial charge in [-0.15, -0.1) is 0 Å². The lowest BCUT2D eigenvalue weighted by atomic mass is 10.2. The van der Waals surface area contributed by atoms with Gasteiger partial charge in [-0.2, -0.15) is 0 Å². The summed E-state index contributed by atoms with van der Waals surface area (Å²) in [6.45, 7) is 2.42. The lowest BCUT2D eigenvalue weighted by Crippen LogP contribution is -2.28. The highest BCUT2D eigenvalue weighted by Gasteiger charge is 2.32. The Morgan fingerprint density at radius 1 is 1.12 bits per heavy atom. The monoisotopic (exact) mass is 447 g/mol. The number of nitrogens with zero attached hydrogens (tertiary/aromatic N) is 3. The first-order chi connectivity index (χ1) is 15.5. The topological polar surface area (TPSA) is 84.1 Å². The zero-order valence-corrected chi connectivity index (χ0v) is 18.4. The van der Waals surface area contributed by atoms with Gasteiger partial charge >= 0.3 is 5.97 Å². The third kappa shape index (κ3) is 4.31. The molecule has 8 heteroatoms. The van der Waals surface area contributed by atoms with Crippen molar-refractivity contribution in [1.29, 1.82) is 0 Å². The van der Waals surface area contributed by atoms with E-state index in [-0.39, 0.29) is 11.5 Å². The minimum atomic E-state index is -0.970. The van der Waals surface area contributed by atoms with E-state index in [1.807, 2.05) is 60.2 Å². The van der Waals surface area contributed by atoms with Crippen LogP contribution in [0.3, 0.4) is 0 Å². The summed E-state index contributed by atoms with van der Waals surface area (Å²) in [4.78, 5) is 31.0. The second kappa shape index (κ2) is 9.15. The third-order valence-corrected chi connectivity index (χ3v) is 5.96. The number of likely N-dealkylation sites (N-methyl/N-ethyl adjacent to an activating group) is 1. The Labute approximate surface area is 189 Å². The van der Waals surface area contributed by atoms with Crippen molar-refractivity contribution < 1.29 is 19.4 Å². The molecule has 162 valence electrons. The lowest BCUT2D eigenvalue weighted by molar-refractivity contribution is -0.122. The summed E-state index contributed by atoms with van der Waals surface area (Å²) in [5.74, 6) is -0.324. The van der Waals surface area contributed by atoms with Crippen molar-refractivity contribution in [3.8, 4) is 11.4 Å². The molecule has 7 nitrogen and oxygen atoms in total. The summed E-state index contributed by atoms with van der Waals surface area (Å²) in [5.41, 5.74) is 2.58. The Morgan fingerprint density at radius 3 is 2.47 bits per heavy atom. The van der Waals surface area contributed by atoms with Gasteiger partial charge in [-0.25, -0.2) is 9.79 Å². The number of carboxylic acids is 1. The van der Waals surface area contributed by atoms with Crippen LogP contribution in [-0.2, 0) is 4.79 Å². The van der Waals surface area contributed by atoms with Crippen LogP contribution >= 0.6 is 11.8 Å². The number of methoxy groups -OCH3 is 1. The third-order valence-electron chi connectivity index (χ3n) is 4.95. The number of carbonyl (C=O) groups is 2. The summed E-state index contributed by atoms with van der Waals surface area (Å²) >= 11 is 1.33. The summed E-state index contributed by atoms with van der Waals surface area (Å²) in [7, 11) is 1.61. The highest BCUT2D eigenvalue weighted by Crippen LogP contribution is 2.34. The number of ether oxygens (including phenoxy) is 1. The fourth-order valence-electron chi connectivity index (χ4n) is 3.28. The van der Waals surface area contributed by atoms with Crippen LogP contribution in [0.4, 0.5) is 5.69 Å².